The summed E-state index contributed by atoms with van der Waals surface area (Å²) in [6, 6.07) is 5.95. The molecule has 2 aromatic rings. The zero-order chi connectivity index (χ0) is 10.8. The Labute approximate surface area is 87.7 Å². The second kappa shape index (κ2) is 3.65. The molecule has 0 spiro atoms. The summed E-state index contributed by atoms with van der Waals surface area (Å²) in [4.78, 5) is 3.85. The first-order chi connectivity index (χ1) is 7.20. The van der Waals surface area contributed by atoms with Crippen LogP contribution < -0.4 is 10.5 Å². The van der Waals surface area contributed by atoms with Crippen LogP contribution in [-0.4, -0.2) is 12.1 Å². The van der Waals surface area contributed by atoms with Crippen molar-refractivity contribution in [1.82, 2.24) is 4.98 Å². The molecule has 0 aliphatic carbocycles. The van der Waals surface area contributed by atoms with Crippen molar-refractivity contribution in [1.29, 1.82) is 0 Å². The third-order valence-corrected chi connectivity index (χ3v) is 2.20. The zero-order valence-electron chi connectivity index (χ0n) is 8.65. The average molecular weight is 204 g/mol. The van der Waals surface area contributed by atoms with Crippen molar-refractivity contribution in [2.45, 2.75) is 6.92 Å². The van der Waals surface area contributed by atoms with Crippen molar-refractivity contribution in [3.05, 3.63) is 30.0 Å². The number of rotatable bonds is 2. The number of benzene rings is 1. The number of anilines is 1. The van der Waals surface area contributed by atoms with Crippen molar-refractivity contribution < 1.29 is 9.15 Å². The molecule has 0 radical (unpaired) electrons. The van der Waals surface area contributed by atoms with Gasteiger partial charge >= 0.3 is 0 Å². The van der Waals surface area contributed by atoms with Gasteiger partial charge in [-0.05, 0) is 30.7 Å². The first-order valence-electron chi connectivity index (χ1n) is 4.57. The predicted octanol–water partition coefficient (Wildman–Crippen LogP) is 2.24. The Morgan fingerprint density at radius 3 is 2.73 bits per heavy atom. The Kier molecular flexibility index (Phi) is 2.33. The molecule has 78 valence electrons. The van der Waals surface area contributed by atoms with Gasteiger partial charge in [0.2, 0.25) is 0 Å². The molecule has 1 heterocycles. The van der Waals surface area contributed by atoms with Crippen LogP contribution in [0.3, 0.4) is 0 Å². The van der Waals surface area contributed by atoms with E-state index in [1.807, 2.05) is 25.1 Å². The van der Waals surface area contributed by atoms with Crippen LogP contribution >= 0.6 is 0 Å². The smallest absolute Gasteiger partial charge is 0.292 e. The number of nitrogens with zero attached hydrogens (tertiary/aromatic N) is 1. The summed E-state index contributed by atoms with van der Waals surface area (Å²) in [5.41, 5.74) is 7.40. The van der Waals surface area contributed by atoms with Gasteiger partial charge in [0.1, 0.15) is 5.75 Å². The van der Waals surface area contributed by atoms with Crippen molar-refractivity contribution in [2.75, 3.05) is 12.8 Å². The van der Waals surface area contributed by atoms with Crippen LogP contribution in [0.15, 0.2) is 28.8 Å². The molecule has 0 saturated carbocycles. The van der Waals surface area contributed by atoms with E-state index in [-0.39, 0.29) is 6.01 Å². The fourth-order valence-electron chi connectivity index (χ4n) is 1.45. The van der Waals surface area contributed by atoms with E-state index in [9.17, 15) is 0 Å². The molecular formula is C11H12N2O2. The molecule has 0 aliphatic rings. The van der Waals surface area contributed by atoms with Crippen molar-refractivity contribution in [3.63, 3.8) is 0 Å². The molecule has 4 nitrogen and oxygen atoms in total. The maximum Gasteiger partial charge on any atom is 0.292 e. The Morgan fingerprint density at radius 2 is 2.20 bits per heavy atom. The van der Waals surface area contributed by atoms with Crippen LogP contribution in [0.1, 0.15) is 5.56 Å². The van der Waals surface area contributed by atoms with Crippen LogP contribution in [0, 0.1) is 6.92 Å². The van der Waals surface area contributed by atoms with Gasteiger partial charge in [0.05, 0.1) is 13.3 Å². The number of hydrogen-bond acceptors (Lipinski definition) is 4. The summed E-state index contributed by atoms with van der Waals surface area (Å²) in [5, 5.41) is 0. The monoisotopic (exact) mass is 204 g/mol. The first kappa shape index (κ1) is 9.58. The highest BCUT2D eigenvalue weighted by Gasteiger charge is 2.06. The minimum atomic E-state index is 0.179. The minimum Gasteiger partial charge on any atom is -0.496 e. The number of nitrogens with two attached hydrogens (primary N) is 1. The molecule has 2 N–H and O–H groups in total. The van der Waals surface area contributed by atoms with Gasteiger partial charge in [0.25, 0.3) is 6.01 Å². The highest BCUT2D eigenvalue weighted by Crippen LogP contribution is 2.26. The van der Waals surface area contributed by atoms with E-state index in [0.29, 0.717) is 5.76 Å². The van der Waals surface area contributed by atoms with E-state index < -0.39 is 0 Å². The van der Waals surface area contributed by atoms with Gasteiger partial charge in [0, 0.05) is 5.56 Å². The third kappa shape index (κ3) is 1.79. The largest absolute Gasteiger partial charge is 0.496 e. The number of hydrogen-bond donors (Lipinski definition) is 1. The number of nitrogen functional groups attached to an aromatic ring is 1. The van der Waals surface area contributed by atoms with E-state index >= 15 is 0 Å². The standard InChI is InChI=1S/C11H12N2O2/c1-7-5-8(3-4-9(7)14-2)10-6-13-11(12)15-10/h3-6H,1-2H3,(H2,12,13). The van der Waals surface area contributed by atoms with Crippen molar-refractivity contribution in [2.24, 2.45) is 0 Å². The van der Waals surface area contributed by atoms with Crippen LogP contribution in [-0.2, 0) is 0 Å². The average Bonchev–Trinajstić information content (AvgIpc) is 2.65. The number of methoxy groups -OCH3 is 1. The Morgan fingerprint density at radius 1 is 1.40 bits per heavy atom. The molecule has 0 amide bonds. The number of ether oxygens (including phenoxy) is 1. The van der Waals surface area contributed by atoms with E-state index in [1.54, 1.807) is 13.3 Å². The molecule has 2 rings (SSSR count). The van der Waals surface area contributed by atoms with Gasteiger partial charge < -0.3 is 14.9 Å². The quantitative estimate of drug-likeness (QED) is 0.814. The lowest BCUT2D eigenvalue weighted by molar-refractivity contribution is 0.411. The molecule has 0 atom stereocenters. The zero-order valence-corrected chi connectivity index (χ0v) is 8.65. The molecule has 0 fully saturated rings. The van der Waals surface area contributed by atoms with Crippen LogP contribution in [0.5, 0.6) is 5.75 Å². The molecule has 0 unspecified atom stereocenters. The molecule has 0 bridgehead atoms. The fraction of sp³-hybridized carbons (Fsp3) is 0.182. The normalized spacial score (nSPS) is 10.3. The molecule has 0 saturated heterocycles. The molecule has 1 aromatic carbocycles. The predicted molar refractivity (Wildman–Crippen MR) is 57.6 cm³/mol. The van der Waals surface area contributed by atoms with Gasteiger partial charge in [-0.25, -0.2) is 4.98 Å². The highest BCUT2D eigenvalue weighted by atomic mass is 16.5. The third-order valence-electron chi connectivity index (χ3n) is 2.20. The topological polar surface area (TPSA) is 61.3 Å². The minimum absolute atomic E-state index is 0.179. The van der Waals surface area contributed by atoms with Gasteiger partial charge in [-0.1, -0.05) is 0 Å². The molecule has 15 heavy (non-hydrogen) atoms. The lowest BCUT2D eigenvalue weighted by Crippen LogP contribution is -1.87. The number of aromatic nitrogens is 1. The Hall–Kier alpha value is -1.97. The summed E-state index contributed by atoms with van der Waals surface area (Å²) >= 11 is 0. The fourth-order valence-corrected chi connectivity index (χ4v) is 1.45. The Bertz CT molecular complexity index is 477. The van der Waals surface area contributed by atoms with E-state index in [1.165, 1.54) is 0 Å². The SMILES string of the molecule is COc1ccc(-c2cnc(N)o2)cc1C. The summed E-state index contributed by atoms with van der Waals surface area (Å²) < 4.78 is 10.4. The summed E-state index contributed by atoms with van der Waals surface area (Å²) in [6.07, 6.45) is 1.61. The van der Waals surface area contributed by atoms with Gasteiger partial charge in [-0.2, -0.15) is 0 Å². The van der Waals surface area contributed by atoms with E-state index in [2.05, 4.69) is 4.98 Å². The number of oxazole rings is 1. The van der Waals surface area contributed by atoms with Gasteiger partial charge in [-0.15, -0.1) is 0 Å². The van der Waals surface area contributed by atoms with Crippen LogP contribution in [0.4, 0.5) is 6.01 Å². The lowest BCUT2D eigenvalue weighted by atomic mass is 10.1. The Balaban J connectivity index is 2.42. The van der Waals surface area contributed by atoms with Gasteiger partial charge in [0.15, 0.2) is 5.76 Å². The maximum atomic E-state index is 5.41. The summed E-state index contributed by atoms with van der Waals surface area (Å²) in [5.74, 6) is 1.52. The number of aryl methyl sites for hydroxylation is 1. The second-order valence-electron chi connectivity index (χ2n) is 3.25. The van der Waals surface area contributed by atoms with Crippen LogP contribution in [0.25, 0.3) is 11.3 Å². The molecule has 1 aromatic heterocycles. The highest BCUT2D eigenvalue weighted by molar-refractivity contribution is 5.60. The van der Waals surface area contributed by atoms with E-state index in [0.717, 1.165) is 16.9 Å². The summed E-state index contributed by atoms with van der Waals surface area (Å²) in [6.45, 7) is 1.97. The molecule has 4 heteroatoms. The van der Waals surface area contributed by atoms with Gasteiger partial charge in [-0.3, -0.25) is 0 Å². The second-order valence-corrected chi connectivity index (χ2v) is 3.25. The van der Waals surface area contributed by atoms with E-state index in [4.69, 9.17) is 14.9 Å². The lowest BCUT2D eigenvalue weighted by Gasteiger charge is -2.05. The molecule has 0 aliphatic heterocycles. The van der Waals surface area contributed by atoms with Crippen molar-refractivity contribution >= 4 is 6.01 Å². The maximum absolute atomic E-state index is 5.41. The molecular weight excluding hydrogens is 192 g/mol. The first-order valence-corrected chi connectivity index (χ1v) is 4.57. The van der Waals surface area contributed by atoms with Crippen LogP contribution in [0.2, 0.25) is 0 Å². The summed E-state index contributed by atoms with van der Waals surface area (Å²) in [7, 11) is 1.65. The van der Waals surface area contributed by atoms with Crippen molar-refractivity contribution in [3.8, 4) is 17.1 Å².